The van der Waals surface area contributed by atoms with E-state index in [9.17, 15) is 4.79 Å². The van der Waals surface area contributed by atoms with Crippen LogP contribution < -0.4 is 4.90 Å². The van der Waals surface area contributed by atoms with Crippen molar-refractivity contribution in [2.24, 2.45) is 0 Å². The average molecular weight is 296 g/mol. The number of rotatable bonds is 2. The summed E-state index contributed by atoms with van der Waals surface area (Å²) >= 11 is 0. The molecule has 0 aromatic heterocycles. The molecule has 116 valence electrons. The Kier molecular flexibility index (Phi) is 3.24. The van der Waals surface area contributed by atoms with E-state index in [-0.39, 0.29) is 5.91 Å². The first-order valence-electron chi connectivity index (χ1n) is 8.43. The van der Waals surface area contributed by atoms with Crippen LogP contribution in [0.2, 0.25) is 0 Å². The summed E-state index contributed by atoms with van der Waals surface area (Å²) < 4.78 is 0. The number of amides is 1. The highest BCUT2D eigenvalue weighted by Gasteiger charge is 2.42. The van der Waals surface area contributed by atoms with Gasteiger partial charge in [0.25, 0.3) is 5.91 Å². The van der Waals surface area contributed by atoms with Gasteiger partial charge in [0.2, 0.25) is 0 Å². The van der Waals surface area contributed by atoms with E-state index < -0.39 is 0 Å². The van der Waals surface area contributed by atoms with E-state index in [0.717, 1.165) is 24.1 Å². The van der Waals surface area contributed by atoms with Gasteiger partial charge < -0.3 is 9.80 Å². The normalized spacial score (nSPS) is 26.4. The number of fused-ring (bicyclic) bond motifs is 2. The van der Waals surface area contributed by atoms with Gasteiger partial charge in [-0.05, 0) is 62.8 Å². The van der Waals surface area contributed by atoms with Crippen LogP contribution in [0.5, 0.6) is 0 Å². The van der Waals surface area contributed by atoms with E-state index in [0.29, 0.717) is 12.1 Å². The maximum absolute atomic E-state index is 12.9. The van der Waals surface area contributed by atoms with Crippen molar-refractivity contribution in [3.05, 3.63) is 41.0 Å². The first-order chi connectivity index (χ1) is 10.6. The summed E-state index contributed by atoms with van der Waals surface area (Å²) in [6.45, 7) is 0. The van der Waals surface area contributed by atoms with Gasteiger partial charge in [0.15, 0.2) is 0 Å². The van der Waals surface area contributed by atoms with E-state index in [2.05, 4.69) is 9.80 Å². The van der Waals surface area contributed by atoms with Crippen molar-refractivity contribution in [2.75, 3.05) is 19.0 Å². The summed E-state index contributed by atoms with van der Waals surface area (Å²) in [5.41, 5.74) is 5.35. The standard InChI is InChI=1S/C19H24N2O/c1-20(2)16-7-5-14(6-8-16)19(22)21-17-9-10-18(21)12-15(11-17)13-3-4-13/h5-8,17-18H,3-4,9-12H2,1-2H3. The lowest BCUT2D eigenvalue weighted by Gasteiger charge is -2.36. The van der Waals surface area contributed by atoms with Gasteiger partial charge in [0.1, 0.15) is 0 Å². The van der Waals surface area contributed by atoms with Crippen LogP contribution in [0.4, 0.5) is 5.69 Å². The van der Waals surface area contributed by atoms with Crippen molar-refractivity contribution >= 4 is 11.6 Å². The Morgan fingerprint density at radius 2 is 1.59 bits per heavy atom. The summed E-state index contributed by atoms with van der Waals surface area (Å²) in [5, 5.41) is 0. The number of hydrogen-bond donors (Lipinski definition) is 0. The van der Waals surface area contributed by atoms with Crippen molar-refractivity contribution in [1.82, 2.24) is 4.90 Å². The number of hydrogen-bond acceptors (Lipinski definition) is 2. The molecule has 2 saturated heterocycles. The van der Waals surface area contributed by atoms with Crippen LogP contribution >= 0.6 is 0 Å². The third-order valence-electron chi connectivity index (χ3n) is 5.45. The predicted octanol–water partition coefficient (Wildman–Crippen LogP) is 3.61. The SMILES string of the molecule is CN(C)c1ccc(C(=O)N2C3CCC2CC(=C2CC2)C3)cc1. The second kappa shape index (κ2) is 5.15. The lowest BCUT2D eigenvalue weighted by Crippen LogP contribution is -2.44. The number of piperidine rings is 1. The molecule has 0 radical (unpaired) electrons. The number of benzene rings is 1. The highest BCUT2D eigenvalue weighted by molar-refractivity contribution is 5.95. The van der Waals surface area contributed by atoms with E-state index in [4.69, 9.17) is 0 Å². The van der Waals surface area contributed by atoms with Gasteiger partial charge >= 0.3 is 0 Å². The highest BCUT2D eigenvalue weighted by Crippen LogP contribution is 2.45. The summed E-state index contributed by atoms with van der Waals surface area (Å²) in [6, 6.07) is 8.93. The molecule has 2 aliphatic heterocycles. The van der Waals surface area contributed by atoms with Gasteiger partial charge in [0.05, 0.1) is 0 Å². The fraction of sp³-hybridized carbons (Fsp3) is 0.526. The zero-order chi connectivity index (χ0) is 15.3. The Morgan fingerprint density at radius 1 is 1.00 bits per heavy atom. The molecule has 2 atom stereocenters. The van der Waals surface area contributed by atoms with Crippen molar-refractivity contribution in [3.63, 3.8) is 0 Å². The second-order valence-electron chi connectivity index (χ2n) is 7.15. The first kappa shape index (κ1) is 13.9. The molecular formula is C19H24N2O. The zero-order valence-electron chi connectivity index (χ0n) is 13.5. The average Bonchev–Trinajstić information content (AvgIpc) is 3.33. The second-order valence-corrected chi connectivity index (χ2v) is 7.15. The third-order valence-corrected chi connectivity index (χ3v) is 5.45. The molecule has 1 aromatic rings. The van der Waals surface area contributed by atoms with Gasteiger partial charge in [-0.3, -0.25) is 4.79 Å². The molecule has 2 unspecified atom stereocenters. The van der Waals surface area contributed by atoms with E-state index in [1.165, 1.54) is 25.7 Å². The van der Waals surface area contributed by atoms with E-state index in [1.54, 1.807) is 11.1 Å². The molecule has 2 heterocycles. The molecule has 1 aliphatic carbocycles. The largest absolute Gasteiger partial charge is 0.378 e. The number of carbonyl (C=O) groups is 1. The van der Waals surface area contributed by atoms with Crippen molar-refractivity contribution in [1.29, 1.82) is 0 Å². The Hall–Kier alpha value is -1.77. The Bertz CT molecular complexity index is 607. The minimum atomic E-state index is 0.234. The fourth-order valence-corrected chi connectivity index (χ4v) is 4.10. The number of anilines is 1. The maximum Gasteiger partial charge on any atom is 0.254 e. The fourth-order valence-electron chi connectivity index (χ4n) is 4.10. The highest BCUT2D eigenvalue weighted by atomic mass is 16.2. The molecule has 3 nitrogen and oxygen atoms in total. The van der Waals surface area contributed by atoms with Crippen LogP contribution in [-0.2, 0) is 0 Å². The van der Waals surface area contributed by atoms with Gasteiger partial charge in [0, 0.05) is 37.4 Å². The minimum absolute atomic E-state index is 0.234. The Morgan fingerprint density at radius 3 is 2.09 bits per heavy atom. The summed E-state index contributed by atoms with van der Waals surface area (Å²) in [6.07, 6.45) is 7.26. The van der Waals surface area contributed by atoms with Crippen LogP contribution in [0.15, 0.2) is 35.4 Å². The molecule has 0 N–H and O–H groups in total. The van der Waals surface area contributed by atoms with Crippen molar-refractivity contribution in [2.45, 2.75) is 50.6 Å². The monoisotopic (exact) mass is 296 g/mol. The topological polar surface area (TPSA) is 23.6 Å². The predicted molar refractivity (Wildman–Crippen MR) is 89.2 cm³/mol. The first-order valence-corrected chi connectivity index (χ1v) is 8.43. The van der Waals surface area contributed by atoms with Crippen LogP contribution in [0.1, 0.15) is 48.9 Å². The van der Waals surface area contributed by atoms with Crippen LogP contribution in [-0.4, -0.2) is 37.0 Å². The quantitative estimate of drug-likeness (QED) is 0.778. The smallest absolute Gasteiger partial charge is 0.254 e. The zero-order valence-corrected chi connectivity index (χ0v) is 13.5. The van der Waals surface area contributed by atoms with Gasteiger partial charge in [-0.15, -0.1) is 0 Å². The molecule has 22 heavy (non-hydrogen) atoms. The molecule has 0 spiro atoms. The van der Waals surface area contributed by atoms with Gasteiger partial charge in [-0.2, -0.15) is 0 Å². The molecule has 1 amide bonds. The van der Waals surface area contributed by atoms with Crippen LogP contribution in [0, 0.1) is 0 Å². The van der Waals surface area contributed by atoms with Gasteiger partial charge in [-0.25, -0.2) is 0 Å². The van der Waals surface area contributed by atoms with Crippen LogP contribution in [0.25, 0.3) is 0 Å². The summed E-state index contributed by atoms with van der Waals surface area (Å²) in [4.78, 5) is 17.2. The minimum Gasteiger partial charge on any atom is -0.378 e. The van der Waals surface area contributed by atoms with E-state index in [1.807, 2.05) is 38.4 Å². The lowest BCUT2D eigenvalue weighted by molar-refractivity contribution is 0.0634. The van der Waals surface area contributed by atoms with E-state index >= 15 is 0 Å². The molecule has 2 bridgehead atoms. The number of nitrogens with zero attached hydrogens (tertiary/aromatic N) is 2. The van der Waals surface area contributed by atoms with Crippen LogP contribution in [0.3, 0.4) is 0 Å². The van der Waals surface area contributed by atoms with Crippen molar-refractivity contribution < 1.29 is 4.79 Å². The molecule has 1 aromatic carbocycles. The van der Waals surface area contributed by atoms with Crippen molar-refractivity contribution in [3.8, 4) is 0 Å². The number of allylic oxidation sites excluding steroid dienone is 1. The Labute approximate surface area is 132 Å². The molecule has 3 fully saturated rings. The Balaban J connectivity index is 1.54. The molecular weight excluding hydrogens is 272 g/mol. The summed E-state index contributed by atoms with van der Waals surface area (Å²) in [7, 11) is 4.04. The molecule has 1 saturated carbocycles. The number of carbonyl (C=O) groups excluding carboxylic acids is 1. The molecule has 4 rings (SSSR count). The lowest BCUT2D eigenvalue weighted by atomic mass is 9.95. The maximum atomic E-state index is 12.9. The molecule has 3 aliphatic rings. The van der Waals surface area contributed by atoms with Gasteiger partial charge in [-0.1, -0.05) is 11.1 Å². The molecule has 3 heteroatoms. The summed E-state index contributed by atoms with van der Waals surface area (Å²) in [5.74, 6) is 0.234. The third kappa shape index (κ3) is 2.33.